The number of hydrogen-bond donors (Lipinski definition) is 0. The van der Waals surface area contributed by atoms with E-state index in [1.165, 1.54) is 9.13 Å². The van der Waals surface area contributed by atoms with Gasteiger partial charge in [-0.2, -0.15) is 0 Å². The van der Waals surface area contributed by atoms with Crippen LogP contribution in [-0.4, -0.2) is 9.13 Å². The summed E-state index contributed by atoms with van der Waals surface area (Å²) in [6.45, 7) is 0.527. The van der Waals surface area contributed by atoms with Gasteiger partial charge in [-0.05, 0) is 12.0 Å². The lowest BCUT2D eigenvalue weighted by Crippen LogP contribution is -2.39. The molecule has 2 aromatic rings. The second-order valence-electron chi connectivity index (χ2n) is 3.95. The number of aromatic nitrogens is 2. The van der Waals surface area contributed by atoms with Crippen LogP contribution >= 0.6 is 0 Å². The Balaban J connectivity index is 2.19. The minimum Gasteiger partial charge on any atom is -0.312 e. The highest BCUT2D eigenvalue weighted by molar-refractivity contribution is 5.14. The summed E-state index contributed by atoms with van der Waals surface area (Å²) < 4.78 is 2.75. The molecule has 1 heterocycles. The molecule has 0 N–H and O–H groups in total. The van der Waals surface area contributed by atoms with E-state index in [0.717, 1.165) is 12.0 Å². The Hall–Kier alpha value is -2.10. The molecule has 0 fully saturated rings. The Bertz CT molecular complexity index is 611. The standard InChI is InChI=1S/C13H14N2O2/c1-14-9-10-15(13(17)12(14)16)8-7-11-5-3-2-4-6-11/h2-6,9-10H,7-8H2,1H3. The molecule has 2 rings (SSSR count). The van der Waals surface area contributed by atoms with Gasteiger partial charge in [-0.3, -0.25) is 9.59 Å². The van der Waals surface area contributed by atoms with Crippen LogP contribution in [0.5, 0.6) is 0 Å². The van der Waals surface area contributed by atoms with Crippen LogP contribution in [0.25, 0.3) is 0 Å². The number of nitrogens with zero attached hydrogens (tertiary/aromatic N) is 2. The quantitative estimate of drug-likeness (QED) is 0.732. The van der Waals surface area contributed by atoms with E-state index < -0.39 is 11.1 Å². The molecule has 0 atom stereocenters. The minimum absolute atomic E-state index is 0.467. The van der Waals surface area contributed by atoms with Crippen LogP contribution in [0.3, 0.4) is 0 Å². The number of benzene rings is 1. The molecule has 0 spiro atoms. The summed E-state index contributed by atoms with van der Waals surface area (Å²) in [7, 11) is 1.57. The van der Waals surface area contributed by atoms with Crippen molar-refractivity contribution in [3.8, 4) is 0 Å². The van der Waals surface area contributed by atoms with E-state index in [1.807, 2.05) is 30.3 Å². The average Bonchev–Trinajstić information content (AvgIpc) is 2.36. The fourth-order valence-corrected chi connectivity index (χ4v) is 1.66. The molecule has 1 aromatic heterocycles. The van der Waals surface area contributed by atoms with Gasteiger partial charge in [0.05, 0.1) is 0 Å². The maximum absolute atomic E-state index is 11.6. The summed E-state index contributed by atoms with van der Waals surface area (Å²) in [5.74, 6) is 0. The highest BCUT2D eigenvalue weighted by Gasteiger charge is 2.02. The Kier molecular flexibility index (Phi) is 3.23. The number of rotatable bonds is 3. The van der Waals surface area contributed by atoms with Crippen LogP contribution in [0, 0.1) is 0 Å². The molecule has 0 radical (unpaired) electrons. The summed E-state index contributed by atoms with van der Waals surface area (Å²) in [5.41, 5.74) is 0.201. The van der Waals surface area contributed by atoms with Crippen molar-refractivity contribution in [2.45, 2.75) is 13.0 Å². The van der Waals surface area contributed by atoms with E-state index >= 15 is 0 Å². The fourth-order valence-electron chi connectivity index (χ4n) is 1.66. The van der Waals surface area contributed by atoms with E-state index in [4.69, 9.17) is 0 Å². The number of hydrogen-bond acceptors (Lipinski definition) is 2. The van der Waals surface area contributed by atoms with Crippen molar-refractivity contribution >= 4 is 0 Å². The van der Waals surface area contributed by atoms with Crippen LogP contribution in [0.1, 0.15) is 5.56 Å². The number of aryl methyl sites for hydroxylation is 3. The summed E-state index contributed by atoms with van der Waals surface area (Å²) in [4.78, 5) is 23.1. The van der Waals surface area contributed by atoms with Crippen molar-refractivity contribution in [1.82, 2.24) is 9.13 Å². The molecule has 0 aliphatic heterocycles. The molecule has 0 unspecified atom stereocenters. The van der Waals surface area contributed by atoms with Crippen LogP contribution in [0.2, 0.25) is 0 Å². The van der Waals surface area contributed by atoms with Gasteiger partial charge in [0.25, 0.3) is 0 Å². The fraction of sp³-hybridized carbons (Fsp3) is 0.231. The zero-order chi connectivity index (χ0) is 12.3. The predicted octanol–water partition coefficient (Wildman–Crippen LogP) is 0.790. The van der Waals surface area contributed by atoms with E-state index in [9.17, 15) is 9.59 Å². The second kappa shape index (κ2) is 4.82. The van der Waals surface area contributed by atoms with E-state index in [-0.39, 0.29) is 0 Å². The van der Waals surface area contributed by atoms with E-state index in [1.54, 1.807) is 19.4 Å². The molecular formula is C13H14N2O2. The molecule has 0 saturated carbocycles. The van der Waals surface area contributed by atoms with E-state index in [0.29, 0.717) is 6.54 Å². The molecule has 0 aliphatic rings. The van der Waals surface area contributed by atoms with Gasteiger partial charge in [0.15, 0.2) is 0 Å². The zero-order valence-corrected chi connectivity index (χ0v) is 9.67. The highest BCUT2D eigenvalue weighted by atomic mass is 16.2. The van der Waals surface area contributed by atoms with Gasteiger partial charge in [-0.25, -0.2) is 0 Å². The summed E-state index contributed by atoms with van der Waals surface area (Å²) in [6, 6.07) is 9.89. The smallest absolute Gasteiger partial charge is 0.312 e. The average molecular weight is 230 g/mol. The molecule has 0 aliphatic carbocycles. The highest BCUT2D eigenvalue weighted by Crippen LogP contribution is 2.00. The Morgan fingerprint density at radius 2 is 1.71 bits per heavy atom. The molecule has 88 valence electrons. The molecule has 4 nitrogen and oxygen atoms in total. The van der Waals surface area contributed by atoms with Gasteiger partial charge in [0, 0.05) is 26.0 Å². The predicted molar refractivity (Wildman–Crippen MR) is 66.1 cm³/mol. The van der Waals surface area contributed by atoms with Gasteiger partial charge in [-0.1, -0.05) is 30.3 Å². The Morgan fingerprint density at radius 1 is 1.00 bits per heavy atom. The lowest BCUT2D eigenvalue weighted by molar-refractivity contribution is 0.635. The normalized spacial score (nSPS) is 10.4. The maximum Gasteiger partial charge on any atom is 0.316 e. The van der Waals surface area contributed by atoms with E-state index in [2.05, 4.69) is 0 Å². The third-order valence-electron chi connectivity index (χ3n) is 2.72. The SMILES string of the molecule is Cn1ccn(CCc2ccccc2)c(=O)c1=O. The molecular weight excluding hydrogens is 216 g/mol. The largest absolute Gasteiger partial charge is 0.316 e. The van der Waals surface area contributed by atoms with Crippen LogP contribution in [0.15, 0.2) is 52.3 Å². The van der Waals surface area contributed by atoms with Gasteiger partial charge in [-0.15, -0.1) is 0 Å². The van der Waals surface area contributed by atoms with Crippen molar-refractivity contribution in [3.63, 3.8) is 0 Å². The van der Waals surface area contributed by atoms with Gasteiger partial charge >= 0.3 is 11.1 Å². The summed E-state index contributed by atoms with van der Waals surface area (Å²) in [5, 5.41) is 0. The van der Waals surface area contributed by atoms with Crippen molar-refractivity contribution < 1.29 is 0 Å². The van der Waals surface area contributed by atoms with Gasteiger partial charge < -0.3 is 9.13 Å². The van der Waals surface area contributed by atoms with Crippen molar-refractivity contribution in [2.75, 3.05) is 0 Å². The summed E-state index contributed by atoms with van der Waals surface area (Å²) in [6.07, 6.45) is 4.00. The maximum atomic E-state index is 11.6. The van der Waals surface area contributed by atoms with Crippen LogP contribution < -0.4 is 11.1 Å². The second-order valence-corrected chi connectivity index (χ2v) is 3.95. The first-order valence-electron chi connectivity index (χ1n) is 5.48. The first kappa shape index (κ1) is 11.4. The third kappa shape index (κ3) is 2.53. The van der Waals surface area contributed by atoms with Gasteiger partial charge in [0.2, 0.25) is 0 Å². The molecule has 1 aromatic carbocycles. The van der Waals surface area contributed by atoms with Crippen molar-refractivity contribution in [2.24, 2.45) is 7.05 Å². The Labute approximate surface area is 98.8 Å². The minimum atomic E-state index is -0.486. The molecule has 0 bridgehead atoms. The lowest BCUT2D eigenvalue weighted by Gasteiger charge is -2.06. The van der Waals surface area contributed by atoms with Crippen molar-refractivity contribution in [3.05, 3.63) is 69.0 Å². The first-order valence-corrected chi connectivity index (χ1v) is 5.48. The van der Waals surface area contributed by atoms with Crippen LogP contribution in [0.4, 0.5) is 0 Å². The monoisotopic (exact) mass is 230 g/mol. The lowest BCUT2D eigenvalue weighted by atomic mass is 10.1. The molecule has 0 saturated heterocycles. The summed E-state index contributed by atoms with van der Waals surface area (Å²) >= 11 is 0. The molecule has 0 amide bonds. The van der Waals surface area contributed by atoms with Crippen molar-refractivity contribution in [1.29, 1.82) is 0 Å². The molecule has 4 heteroatoms. The zero-order valence-electron chi connectivity index (χ0n) is 9.67. The molecule has 17 heavy (non-hydrogen) atoms. The van der Waals surface area contributed by atoms with Gasteiger partial charge in [0.1, 0.15) is 0 Å². The first-order chi connectivity index (χ1) is 8.18. The Morgan fingerprint density at radius 3 is 2.41 bits per heavy atom. The van der Waals surface area contributed by atoms with Crippen LogP contribution in [-0.2, 0) is 20.0 Å². The third-order valence-corrected chi connectivity index (χ3v) is 2.72. The topological polar surface area (TPSA) is 44.0 Å².